The standard InChI is InChI=1S/C12H26N2/c1-11(2)13-8-6-10-14-9-5-4-7-12(14)3/h11-13H,4-10H2,1-3H3. The number of hydrogen-bond donors (Lipinski definition) is 1. The van der Waals surface area contributed by atoms with Gasteiger partial charge in [0.2, 0.25) is 0 Å². The molecule has 2 heteroatoms. The van der Waals surface area contributed by atoms with Crippen LogP contribution in [0.3, 0.4) is 0 Å². The molecule has 0 bridgehead atoms. The van der Waals surface area contributed by atoms with Gasteiger partial charge in [-0.1, -0.05) is 20.3 Å². The van der Waals surface area contributed by atoms with Crippen LogP contribution in [0.4, 0.5) is 0 Å². The van der Waals surface area contributed by atoms with Crippen molar-refractivity contribution in [2.24, 2.45) is 0 Å². The molecule has 0 radical (unpaired) electrons. The van der Waals surface area contributed by atoms with Crippen molar-refractivity contribution in [3.63, 3.8) is 0 Å². The minimum Gasteiger partial charge on any atom is -0.314 e. The molecule has 0 saturated carbocycles. The molecule has 1 rings (SSSR count). The van der Waals surface area contributed by atoms with E-state index in [4.69, 9.17) is 0 Å². The van der Waals surface area contributed by atoms with Crippen LogP contribution in [0.5, 0.6) is 0 Å². The Labute approximate surface area is 89.1 Å². The molecule has 0 aromatic rings. The summed E-state index contributed by atoms with van der Waals surface area (Å²) < 4.78 is 0. The van der Waals surface area contributed by atoms with Crippen molar-refractivity contribution in [3.05, 3.63) is 0 Å². The zero-order chi connectivity index (χ0) is 10.4. The molecule has 1 atom stereocenters. The highest BCUT2D eigenvalue weighted by molar-refractivity contribution is 4.73. The van der Waals surface area contributed by atoms with Gasteiger partial charge < -0.3 is 10.2 Å². The summed E-state index contributed by atoms with van der Waals surface area (Å²) in [6.45, 7) is 10.6. The molecular weight excluding hydrogens is 172 g/mol. The molecule has 1 aliphatic heterocycles. The number of nitrogens with zero attached hydrogens (tertiary/aromatic N) is 1. The molecule has 1 N–H and O–H groups in total. The van der Waals surface area contributed by atoms with Crippen molar-refractivity contribution >= 4 is 0 Å². The average Bonchev–Trinajstić information content (AvgIpc) is 2.15. The van der Waals surface area contributed by atoms with E-state index in [-0.39, 0.29) is 0 Å². The van der Waals surface area contributed by atoms with E-state index in [1.807, 2.05) is 0 Å². The smallest absolute Gasteiger partial charge is 0.00669 e. The first-order valence-electron chi connectivity index (χ1n) is 6.17. The Kier molecular flexibility index (Phi) is 5.49. The van der Waals surface area contributed by atoms with Crippen molar-refractivity contribution in [2.75, 3.05) is 19.6 Å². The predicted molar refractivity (Wildman–Crippen MR) is 62.6 cm³/mol. The van der Waals surface area contributed by atoms with Crippen LogP contribution < -0.4 is 5.32 Å². The van der Waals surface area contributed by atoms with Gasteiger partial charge in [-0.25, -0.2) is 0 Å². The summed E-state index contributed by atoms with van der Waals surface area (Å²) in [6, 6.07) is 1.46. The molecule has 1 heterocycles. The second-order valence-corrected chi connectivity index (χ2v) is 4.84. The number of likely N-dealkylation sites (tertiary alicyclic amines) is 1. The van der Waals surface area contributed by atoms with Gasteiger partial charge in [-0.15, -0.1) is 0 Å². The summed E-state index contributed by atoms with van der Waals surface area (Å²) in [5, 5.41) is 3.47. The summed E-state index contributed by atoms with van der Waals surface area (Å²) in [5.74, 6) is 0. The summed E-state index contributed by atoms with van der Waals surface area (Å²) in [7, 11) is 0. The van der Waals surface area contributed by atoms with Crippen LogP contribution in [0.1, 0.15) is 46.5 Å². The monoisotopic (exact) mass is 198 g/mol. The van der Waals surface area contributed by atoms with Gasteiger partial charge in [0.25, 0.3) is 0 Å². The molecular formula is C12H26N2. The van der Waals surface area contributed by atoms with Crippen molar-refractivity contribution in [3.8, 4) is 0 Å². The lowest BCUT2D eigenvalue weighted by Crippen LogP contribution is -2.39. The molecule has 1 unspecified atom stereocenters. The maximum absolute atomic E-state index is 3.47. The Balaban J connectivity index is 2.04. The Morgan fingerprint density at radius 3 is 2.79 bits per heavy atom. The third-order valence-electron chi connectivity index (χ3n) is 3.12. The Bertz CT molecular complexity index is 145. The molecule has 0 spiro atoms. The lowest BCUT2D eigenvalue weighted by Gasteiger charge is -2.33. The average molecular weight is 198 g/mol. The van der Waals surface area contributed by atoms with Gasteiger partial charge in [0.15, 0.2) is 0 Å². The van der Waals surface area contributed by atoms with E-state index in [1.165, 1.54) is 45.3 Å². The molecule has 14 heavy (non-hydrogen) atoms. The zero-order valence-corrected chi connectivity index (χ0v) is 10.1. The third kappa shape index (κ3) is 4.43. The SMILES string of the molecule is CC(C)NCCCN1CCCCC1C. The highest BCUT2D eigenvalue weighted by Crippen LogP contribution is 2.15. The molecule has 84 valence electrons. The van der Waals surface area contributed by atoms with Crippen LogP contribution in [0.25, 0.3) is 0 Å². The van der Waals surface area contributed by atoms with Gasteiger partial charge in [-0.05, 0) is 45.8 Å². The highest BCUT2D eigenvalue weighted by Gasteiger charge is 2.16. The van der Waals surface area contributed by atoms with Gasteiger partial charge in [-0.3, -0.25) is 0 Å². The predicted octanol–water partition coefficient (Wildman–Crippen LogP) is 2.25. The topological polar surface area (TPSA) is 15.3 Å². The number of nitrogens with one attached hydrogen (secondary N) is 1. The van der Waals surface area contributed by atoms with Crippen molar-refractivity contribution in [2.45, 2.75) is 58.5 Å². The molecule has 1 fully saturated rings. The summed E-state index contributed by atoms with van der Waals surface area (Å²) in [4.78, 5) is 2.64. The van der Waals surface area contributed by atoms with E-state index in [0.29, 0.717) is 6.04 Å². The number of rotatable bonds is 5. The highest BCUT2D eigenvalue weighted by atomic mass is 15.2. The lowest BCUT2D eigenvalue weighted by molar-refractivity contribution is 0.158. The van der Waals surface area contributed by atoms with Gasteiger partial charge in [0, 0.05) is 12.1 Å². The van der Waals surface area contributed by atoms with Crippen molar-refractivity contribution in [1.82, 2.24) is 10.2 Å². The summed E-state index contributed by atoms with van der Waals surface area (Å²) in [5.41, 5.74) is 0. The van der Waals surface area contributed by atoms with Crippen LogP contribution in [-0.4, -0.2) is 36.6 Å². The Hall–Kier alpha value is -0.0800. The minimum atomic E-state index is 0.633. The molecule has 0 aliphatic carbocycles. The molecule has 1 saturated heterocycles. The second-order valence-electron chi connectivity index (χ2n) is 4.84. The van der Waals surface area contributed by atoms with Gasteiger partial charge in [0.1, 0.15) is 0 Å². The van der Waals surface area contributed by atoms with E-state index in [0.717, 1.165) is 6.04 Å². The fraction of sp³-hybridized carbons (Fsp3) is 1.00. The first kappa shape index (κ1) is 12.0. The van der Waals surface area contributed by atoms with Crippen molar-refractivity contribution in [1.29, 1.82) is 0 Å². The molecule has 1 aliphatic rings. The fourth-order valence-corrected chi connectivity index (χ4v) is 2.16. The van der Waals surface area contributed by atoms with Crippen LogP contribution >= 0.6 is 0 Å². The summed E-state index contributed by atoms with van der Waals surface area (Å²) >= 11 is 0. The van der Waals surface area contributed by atoms with Crippen molar-refractivity contribution < 1.29 is 0 Å². The minimum absolute atomic E-state index is 0.633. The van der Waals surface area contributed by atoms with E-state index in [2.05, 4.69) is 31.0 Å². The normalized spacial score (nSPS) is 24.4. The van der Waals surface area contributed by atoms with Gasteiger partial charge >= 0.3 is 0 Å². The van der Waals surface area contributed by atoms with E-state index < -0.39 is 0 Å². The summed E-state index contributed by atoms with van der Waals surface area (Å²) in [6.07, 6.45) is 5.53. The lowest BCUT2D eigenvalue weighted by atomic mass is 10.0. The largest absolute Gasteiger partial charge is 0.314 e. The van der Waals surface area contributed by atoms with E-state index in [9.17, 15) is 0 Å². The fourth-order valence-electron chi connectivity index (χ4n) is 2.16. The van der Waals surface area contributed by atoms with E-state index in [1.54, 1.807) is 0 Å². The van der Waals surface area contributed by atoms with Crippen LogP contribution in [0.15, 0.2) is 0 Å². The van der Waals surface area contributed by atoms with Crippen LogP contribution in [-0.2, 0) is 0 Å². The Morgan fingerprint density at radius 1 is 1.36 bits per heavy atom. The maximum Gasteiger partial charge on any atom is 0.00669 e. The van der Waals surface area contributed by atoms with Crippen LogP contribution in [0, 0.1) is 0 Å². The maximum atomic E-state index is 3.47. The molecule has 2 nitrogen and oxygen atoms in total. The van der Waals surface area contributed by atoms with Crippen LogP contribution in [0.2, 0.25) is 0 Å². The molecule has 0 amide bonds. The third-order valence-corrected chi connectivity index (χ3v) is 3.12. The molecule has 0 aromatic heterocycles. The number of hydrogen-bond acceptors (Lipinski definition) is 2. The first-order valence-corrected chi connectivity index (χ1v) is 6.17. The van der Waals surface area contributed by atoms with Gasteiger partial charge in [0.05, 0.1) is 0 Å². The van der Waals surface area contributed by atoms with Gasteiger partial charge in [-0.2, -0.15) is 0 Å². The number of piperidine rings is 1. The first-order chi connectivity index (χ1) is 6.70. The quantitative estimate of drug-likeness (QED) is 0.682. The second kappa shape index (κ2) is 6.41. The Morgan fingerprint density at radius 2 is 2.14 bits per heavy atom. The molecule has 0 aromatic carbocycles. The van der Waals surface area contributed by atoms with E-state index >= 15 is 0 Å². The zero-order valence-electron chi connectivity index (χ0n) is 10.1.